The third-order valence-corrected chi connectivity index (χ3v) is 4.91. The summed E-state index contributed by atoms with van der Waals surface area (Å²) in [6.45, 7) is 0. The number of nitrogens with zero attached hydrogens (tertiary/aromatic N) is 1. The van der Waals surface area contributed by atoms with E-state index in [0.717, 1.165) is 0 Å². The maximum absolute atomic E-state index is 11.4. The van der Waals surface area contributed by atoms with E-state index in [0.29, 0.717) is 17.5 Å². The molecule has 90 valence electrons. The smallest absolute Gasteiger partial charge is 0.150 e. The van der Waals surface area contributed by atoms with Gasteiger partial charge in [-0.05, 0) is 18.1 Å². The Morgan fingerprint density at radius 2 is 2.12 bits per heavy atom. The van der Waals surface area contributed by atoms with Gasteiger partial charge in [-0.2, -0.15) is 5.26 Å². The SMILES string of the molecule is N#Cc1ccccc1C(O)C1CCS(=O)(=O)C1. The highest BCUT2D eigenvalue weighted by atomic mass is 32.2. The maximum atomic E-state index is 11.4. The van der Waals surface area contributed by atoms with Crippen LogP contribution in [0.15, 0.2) is 24.3 Å². The average Bonchev–Trinajstić information content (AvgIpc) is 2.68. The molecule has 2 rings (SSSR count). The van der Waals surface area contributed by atoms with E-state index in [1.54, 1.807) is 24.3 Å². The second-order valence-corrected chi connectivity index (χ2v) is 6.54. The van der Waals surface area contributed by atoms with E-state index in [4.69, 9.17) is 5.26 Å². The van der Waals surface area contributed by atoms with Gasteiger partial charge in [0, 0.05) is 5.92 Å². The van der Waals surface area contributed by atoms with E-state index in [2.05, 4.69) is 0 Å². The molecule has 2 unspecified atom stereocenters. The van der Waals surface area contributed by atoms with Gasteiger partial charge in [-0.25, -0.2) is 8.42 Å². The summed E-state index contributed by atoms with van der Waals surface area (Å²) in [6.07, 6.45) is -0.411. The van der Waals surface area contributed by atoms with Crippen LogP contribution < -0.4 is 0 Å². The molecular formula is C12H13NO3S. The van der Waals surface area contributed by atoms with Gasteiger partial charge in [0.05, 0.1) is 29.2 Å². The highest BCUT2D eigenvalue weighted by Crippen LogP contribution is 2.32. The van der Waals surface area contributed by atoms with E-state index in [1.807, 2.05) is 6.07 Å². The van der Waals surface area contributed by atoms with Crippen LogP contribution in [0.25, 0.3) is 0 Å². The monoisotopic (exact) mass is 251 g/mol. The van der Waals surface area contributed by atoms with Gasteiger partial charge in [-0.15, -0.1) is 0 Å². The molecule has 4 nitrogen and oxygen atoms in total. The maximum Gasteiger partial charge on any atom is 0.150 e. The minimum absolute atomic E-state index is 0.00787. The molecule has 0 radical (unpaired) electrons. The van der Waals surface area contributed by atoms with Gasteiger partial charge in [0.2, 0.25) is 0 Å². The number of hydrogen-bond acceptors (Lipinski definition) is 4. The van der Waals surface area contributed by atoms with Crippen LogP contribution in [0.2, 0.25) is 0 Å². The van der Waals surface area contributed by atoms with E-state index in [-0.39, 0.29) is 17.4 Å². The lowest BCUT2D eigenvalue weighted by atomic mass is 9.92. The number of sulfone groups is 1. The molecule has 0 aromatic heterocycles. The summed E-state index contributed by atoms with van der Waals surface area (Å²) >= 11 is 0. The zero-order valence-corrected chi connectivity index (χ0v) is 10.0. The van der Waals surface area contributed by atoms with Crippen molar-refractivity contribution in [1.29, 1.82) is 5.26 Å². The Morgan fingerprint density at radius 3 is 2.71 bits per heavy atom. The molecule has 1 aliphatic rings. The fraction of sp³-hybridized carbons (Fsp3) is 0.417. The number of rotatable bonds is 2. The van der Waals surface area contributed by atoms with Gasteiger partial charge in [-0.1, -0.05) is 18.2 Å². The van der Waals surface area contributed by atoms with Crippen molar-refractivity contribution in [3.63, 3.8) is 0 Å². The van der Waals surface area contributed by atoms with Gasteiger partial charge < -0.3 is 5.11 Å². The molecule has 0 amide bonds. The normalized spacial score (nSPS) is 24.1. The molecule has 5 heteroatoms. The van der Waals surface area contributed by atoms with Crippen LogP contribution >= 0.6 is 0 Å². The predicted molar refractivity (Wildman–Crippen MR) is 62.9 cm³/mol. The van der Waals surface area contributed by atoms with Gasteiger partial charge in [0.15, 0.2) is 9.84 Å². The van der Waals surface area contributed by atoms with Crippen molar-refractivity contribution >= 4 is 9.84 Å². The first-order valence-corrected chi connectivity index (χ1v) is 7.23. The molecule has 1 saturated heterocycles. The molecule has 1 aromatic carbocycles. The zero-order valence-electron chi connectivity index (χ0n) is 9.20. The van der Waals surface area contributed by atoms with E-state index >= 15 is 0 Å². The molecule has 1 N–H and O–H groups in total. The van der Waals surface area contributed by atoms with Gasteiger partial charge >= 0.3 is 0 Å². The molecule has 0 spiro atoms. The summed E-state index contributed by atoms with van der Waals surface area (Å²) in [6, 6.07) is 8.77. The second-order valence-electron chi connectivity index (χ2n) is 4.31. The van der Waals surface area contributed by atoms with E-state index in [9.17, 15) is 13.5 Å². The van der Waals surface area contributed by atoms with Crippen LogP contribution in [0, 0.1) is 17.2 Å². The molecule has 2 atom stereocenters. The summed E-state index contributed by atoms with van der Waals surface area (Å²) < 4.78 is 22.7. The third kappa shape index (κ3) is 2.48. The van der Waals surface area contributed by atoms with Crippen molar-refractivity contribution < 1.29 is 13.5 Å². The average molecular weight is 251 g/mol. The molecule has 0 aliphatic carbocycles. The number of aliphatic hydroxyl groups excluding tert-OH is 1. The number of benzene rings is 1. The Balaban J connectivity index is 2.27. The van der Waals surface area contributed by atoms with Crippen LogP contribution in [0.3, 0.4) is 0 Å². The fourth-order valence-corrected chi connectivity index (χ4v) is 4.01. The van der Waals surface area contributed by atoms with Crippen LogP contribution in [-0.2, 0) is 9.84 Å². The lowest BCUT2D eigenvalue weighted by molar-refractivity contribution is 0.121. The summed E-state index contributed by atoms with van der Waals surface area (Å²) in [5.41, 5.74) is 0.932. The van der Waals surface area contributed by atoms with Crippen molar-refractivity contribution in [1.82, 2.24) is 0 Å². The Morgan fingerprint density at radius 1 is 1.41 bits per heavy atom. The largest absolute Gasteiger partial charge is 0.388 e. The van der Waals surface area contributed by atoms with Crippen molar-refractivity contribution in [3.05, 3.63) is 35.4 Å². The third-order valence-electron chi connectivity index (χ3n) is 3.11. The Bertz CT molecular complexity index is 559. The Kier molecular flexibility index (Phi) is 3.18. The number of hydrogen-bond donors (Lipinski definition) is 1. The molecule has 1 heterocycles. The molecule has 1 aromatic rings. The topological polar surface area (TPSA) is 78.2 Å². The van der Waals surface area contributed by atoms with Crippen LogP contribution in [-0.4, -0.2) is 25.0 Å². The van der Waals surface area contributed by atoms with Crippen molar-refractivity contribution in [2.24, 2.45) is 5.92 Å². The quantitative estimate of drug-likeness (QED) is 0.851. The Labute approximate surface area is 100 Å². The summed E-state index contributed by atoms with van der Waals surface area (Å²) in [4.78, 5) is 0. The van der Waals surface area contributed by atoms with Gasteiger partial charge in [0.1, 0.15) is 0 Å². The fourth-order valence-electron chi connectivity index (χ4n) is 2.18. The van der Waals surface area contributed by atoms with Crippen LogP contribution in [0.1, 0.15) is 23.7 Å². The molecule has 17 heavy (non-hydrogen) atoms. The molecule has 1 aliphatic heterocycles. The van der Waals surface area contributed by atoms with Gasteiger partial charge in [-0.3, -0.25) is 0 Å². The van der Waals surface area contributed by atoms with Gasteiger partial charge in [0.25, 0.3) is 0 Å². The number of aliphatic hydroxyl groups is 1. The van der Waals surface area contributed by atoms with Crippen molar-refractivity contribution in [3.8, 4) is 6.07 Å². The Hall–Kier alpha value is -1.38. The van der Waals surface area contributed by atoms with Crippen LogP contribution in [0.4, 0.5) is 0 Å². The van der Waals surface area contributed by atoms with Crippen molar-refractivity contribution in [2.75, 3.05) is 11.5 Å². The minimum atomic E-state index is -3.01. The zero-order chi connectivity index (χ0) is 12.5. The summed E-state index contributed by atoms with van der Waals surface area (Å²) in [7, 11) is -3.01. The molecular weight excluding hydrogens is 238 g/mol. The molecule has 0 bridgehead atoms. The highest BCUT2D eigenvalue weighted by Gasteiger charge is 2.34. The predicted octanol–water partition coefficient (Wildman–Crippen LogP) is 1.03. The first-order chi connectivity index (χ1) is 8.03. The molecule has 0 saturated carbocycles. The lowest BCUT2D eigenvalue weighted by Gasteiger charge is -2.17. The standard InChI is InChI=1S/C12H13NO3S/c13-7-9-3-1-2-4-11(9)12(14)10-5-6-17(15,16)8-10/h1-4,10,12,14H,5-6,8H2. The first kappa shape index (κ1) is 12.1. The molecule has 1 fully saturated rings. The lowest BCUT2D eigenvalue weighted by Crippen LogP contribution is -2.15. The van der Waals surface area contributed by atoms with E-state index in [1.165, 1.54) is 0 Å². The summed E-state index contributed by atoms with van der Waals surface area (Å²) in [5.74, 6) is -0.160. The minimum Gasteiger partial charge on any atom is -0.388 e. The van der Waals surface area contributed by atoms with Crippen LogP contribution in [0.5, 0.6) is 0 Å². The number of nitriles is 1. The summed E-state index contributed by atoms with van der Waals surface area (Å²) in [5, 5.41) is 19.1. The first-order valence-electron chi connectivity index (χ1n) is 5.41. The second kappa shape index (κ2) is 4.47. The van der Waals surface area contributed by atoms with Crippen molar-refractivity contribution in [2.45, 2.75) is 12.5 Å². The van der Waals surface area contributed by atoms with E-state index < -0.39 is 15.9 Å². The highest BCUT2D eigenvalue weighted by molar-refractivity contribution is 7.91.